The van der Waals surface area contributed by atoms with E-state index in [1.807, 2.05) is 18.2 Å². The lowest BCUT2D eigenvalue weighted by Crippen LogP contribution is -2.39. The number of amides is 1. The average molecular weight is 444 g/mol. The lowest BCUT2D eigenvalue weighted by Gasteiger charge is -2.35. The molecule has 0 saturated heterocycles. The van der Waals surface area contributed by atoms with Crippen molar-refractivity contribution >= 4 is 11.7 Å². The lowest BCUT2D eigenvalue weighted by atomic mass is 9.77. The summed E-state index contributed by atoms with van der Waals surface area (Å²) in [6.07, 6.45) is 3.48. The Labute approximate surface area is 189 Å². The predicted molar refractivity (Wildman–Crippen MR) is 119 cm³/mol. The second kappa shape index (κ2) is 9.53. The molecule has 3 atom stereocenters. The zero-order valence-electron chi connectivity index (χ0n) is 19.4. The van der Waals surface area contributed by atoms with E-state index >= 15 is 0 Å². The van der Waals surface area contributed by atoms with Crippen molar-refractivity contribution in [1.29, 1.82) is 0 Å². The topological polar surface area (TPSA) is 74.3 Å². The van der Waals surface area contributed by atoms with E-state index in [1.54, 1.807) is 19.1 Å². The van der Waals surface area contributed by atoms with Crippen LogP contribution in [0, 0.1) is 11.8 Å². The van der Waals surface area contributed by atoms with Crippen LogP contribution in [0.4, 0.5) is 0 Å². The van der Waals surface area contributed by atoms with Crippen LogP contribution >= 0.6 is 0 Å². The summed E-state index contributed by atoms with van der Waals surface area (Å²) in [6.45, 7) is 5.48. The van der Waals surface area contributed by atoms with Gasteiger partial charge in [-0.25, -0.2) is 0 Å². The van der Waals surface area contributed by atoms with Gasteiger partial charge in [-0.2, -0.15) is 0 Å². The number of benzene rings is 1. The summed E-state index contributed by atoms with van der Waals surface area (Å²) in [5.74, 6) is 1.46. The maximum Gasteiger partial charge on any atom is 0.290 e. The third-order valence-corrected chi connectivity index (χ3v) is 6.47. The van der Waals surface area contributed by atoms with Crippen LogP contribution in [0.5, 0.6) is 11.5 Å². The monoisotopic (exact) mass is 443 g/mol. The molecular formula is C25H33NO6. The Kier molecular flexibility index (Phi) is 6.74. The Bertz CT molecular complexity index is 908. The Morgan fingerprint density at radius 1 is 1.12 bits per heavy atom. The fraction of sp³-hybridized carbons (Fsp3) is 0.600. The van der Waals surface area contributed by atoms with Crippen molar-refractivity contribution in [3.05, 3.63) is 35.1 Å². The third-order valence-electron chi connectivity index (χ3n) is 6.47. The standard InChI is InChI=1S/C25H33NO6/c1-15(2)14-31-19-10-9-16(13-20(19)30-4)22-21-23(27)17-7-5-6-8-18(17)32-24(21)25(28)26(22)11-12-29-3/h9-10,13,15,17-18,22H,5-8,11-12,14H2,1-4H3. The van der Waals surface area contributed by atoms with Crippen molar-refractivity contribution in [1.82, 2.24) is 4.90 Å². The van der Waals surface area contributed by atoms with Crippen molar-refractivity contribution in [2.75, 3.05) is 34.0 Å². The van der Waals surface area contributed by atoms with E-state index in [1.165, 1.54) is 0 Å². The van der Waals surface area contributed by atoms with Gasteiger partial charge in [-0.3, -0.25) is 9.59 Å². The smallest absolute Gasteiger partial charge is 0.290 e. The van der Waals surface area contributed by atoms with Crippen molar-refractivity contribution < 1.29 is 28.5 Å². The van der Waals surface area contributed by atoms with Gasteiger partial charge in [-0.05, 0) is 42.9 Å². The highest BCUT2D eigenvalue weighted by Gasteiger charge is 2.51. The molecule has 2 heterocycles. The average Bonchev–Trinajstić information content (AvgIpc) is 3.08. The Morgan fingerprint density at radius 2 is 1.91 bits per heavy atom. The van der Waals surface area contributed by atoms with Crippen LogP contribution in [0.25, 0.3) is 0 Å². The van der Waals surface area contributed by atoms with Crippen LogP contribution in [-0.2, 0) is 19.1 Å². The molecule has 0 radical (unpaired) electrons. The quantitative estimate of drug-likeness (QED) is 0.610. The summed E-state index contributed by atoms with van der Waals surface area (Å²) in [5, 5.41) is 0. The number of hydrogen-bond acceptors (Lipinski definition) is 6. The van der Waals surface area contributed by atoms with E-state index in [2.05, 4.69) is 13.8 Å². The molecule has 3 aliphatic rings. The van der Waals surface area contributed by atoms with E-state index in [-0.39, 0.29) is 29.5 Å². The van der Waals surface area contributed by atoms with Crippen LogP contribution < -0.4 is 9.47 Å². The number of rotatable bonds is 8. The summed E-state index contributed by atoms with van der Waals surface area (Å²) in [6, 6.07) is 5.11. The van der Waals surface area contributed by atoms with Gasteiger partial charge in [0.15, 0.2) is 23.0 Å². The van der Waals surface area contributed by atoms with E-state index in [0.29, 0.717) is 42.7 Å². The van der Waals surface area contributed by atoms with Gasteiger partial charge < -0.3 is 23.8 Å². The minimum absolute atomic E-state index is 0.0494. The third kappa shape index (κ3) is 4.10. The lowest BCUT2D eigenvalue weighted by molar-refractivity contribution is -0.135. The van der Waals surface area contributed by atoms with Gasteiger partial charge in [-0.15, -0.1) is 0 Å². The zero-order chi connectivity index (χ0) is 22.8. The van der Waals surface area contributed by atoms with Gasteiger partial charge in [0.1, 0.15) is 6.10 Å². The first-order valence-corrected chi connectivity index (χ1v) is 11.5. The maximum atomic E-state index is 13.6. The summed E-state index contributed by atoms with van der Waals surface area (Å²) in [4.78, 5) is 28.6. The molecular weight excluding hydrogens is 410 g/mol. The minimum Gasteiger partial charge on any atom is -0.493 e. The molecule has 0 aromatic heterocycles. The highest BCUT2D eigenvalue weighted by Crippen LogP contribution is 2.47. The van der Waals surface area contributed by atoms with E-state index in [0.717, 1.165) is 31.2 Å². The van der Waals surface area contributed by atoms with Gasteiger partial charge in [0.2, 0.25) is 0 Å². The van der Waals surface area contributed by atoms with Crippen LogP contribution in [0.15, 0.2) is 29.5 Å². The Balaban J connectivity index is 1.73. The number of Topliss-reactive ketones (excluding diaryl/α,β-unsaturated/α-hetero) is 1. The van der Waals surface area contributed by atoms with Crippen LogP contribution in [0.3, 0.4) is 0 Å². The molecule has 1 fully saturated rings. The van der Waals surface area contributed by atoms with Gasteiger partial charge >= 0.3 is 0 Å². The molecule has 0 N–H and O–H groups in total. The molecule has 3 unspecified atom stereocenters. The number of carbonyl (C=O) groups is 2. The summed E-state index contributed by atoms with van der Waals surface area (Å²) < 4.78 is 22.9. The molecule has 2 aliphatic heterocycles. The second-order valence-corrected chi connectivity index (χ2v) is 9.16. The molecule has 1 saturated carbocycles. The molecule has 1 amide bonds. The van der Waals surface area contributed by atoms with E-state index in [9.17, 15) is 9.59 Å². The first kappa shape index (κ1) is 22.6. The number of hydrogen-bond donors (Lipinski definition) is 0. The first-order chi connectivity index (χ1) is 15.5. The molecule has 1 aliphatic carbocycles. The largest absolute Gasteiger partial charge is 0.493 e. The Morgan fingerprint density at radius 3 is 2.62 bits per heavy atom. The number of methoxy groups -OCH3 is 2. The number of nitrogens with zero attached hydrogens (tertiary/aromatic N) is 1. The zero-order valence-corrected chi connectivity index (χ0v) is 19.4. The highest BCUT2D eigenvalue weighted by atomic mass is 16.5. The normalized spacial score (nSPS) is 25.0. The fourth-order valence-electron chi connectivity index (χ4n) is 4.89. The summed E-state index contributed by atoms with van der Waals surface area (Å²) >= 11 is 0. The van der Waals surface area contributed by atoms with Crippen molar-refractivity contribution in [3.63, 3.8) is 0 Å². The van der Waals surface area contributed by atoms with E-state index in [4.69, 9.17) is 18.9 Å². The number of ether oxygens (including phenoxy) is 4. The number of carbonyl (C=O) groups excluding carboxylic acids is 2. The summed E-state index contributed by atoms with van der Waals surface area (Å²) in [7, 11) is 3.19. The van der Waals surface area contributed by atoms with Crippen LogP contribution in [-0.4, -0.2) is 56.7 Å². The second-order valence-electron chi connectivity index (χ2n) is 9.16. The molecule has 0 spiro atoms. The van der Waals surface area contributed by atoms with Crippen LogP contribution in [0.1, 0.15) is 51.1 Å². The molecule has 7 heteroatoms. The van der Waals surface area contributed by atoms with Gasteiger partial charge in [0.05, 0.1) is 37.9 Å². The van der Waals surface area contributed by atoms with Crippen LogP contribution in [0.2, 0.25) is 0 Å². The SMILES string of the molecule is COCCN1C(=O)C2=C(C(=O)C3CCCCC3O2)C1c1ccc(OCC(C)C)c(OC)c1. The van der Waals surface area contributed by atoms with Crippen molar-refractivity contribution in [2.45, 2.75) is 51.7 Å². The maximum absolute atomic E-state index is 13.6. The Hall–Kier alpha value is -2.54. The number of fused-ring (bicyclic) bond motifs is 1. The number of ketones is 1. The molecule has 0 bridgehead atoms. The molecule has 4 rings (SSSR count). The van der Waals surface area contributed by atoms with Gasteiger partial charge in [0, 0.05) is 13.7 Å². The molecule has 174 valence electrons. The van der Waals surface area contributed by atoms with Crippen molar-refractivity contribution in [3.8, 4) is 11.5 Å². The van der Waals surface area contributed by atoms with Gasteiger partial charge in [-0.1, -0.05) is 26.3 Å². The van der Waals surface area contributed by atoms with E-state index < -0.39 is 6.04 Å². The highest BCUT2D eigenvalue weighted by molar-refractivity contribution is 6.11. The first-order valence-electron chi connectivity index (χ1n) is 11.5. The van der Waals surface area contributed by atoms with Gasteiger partial charge in [0.25, 0.3) is 5.91 Å². The summed E-state index contributed by atoms with van der Waals surface area (Å²) in [5.41, 5.74) is 1.28. The molecule has 32 heavy (non-hydrogen) atoms. The fourth-order valence-corrected chi connectivity index (χ4v) is 4.89. The van der Waals surface area contributed by atoms with Crippen molar-refractivity contribution in [2.24, 2.45) is 11.8 Å². The molecule has 1 aromatic carbocycles. The minimum atomic E-state index is -0.518. The molecule has 1 aromatic rings. The molecule has 7 nitrogen and oxygen atoms in total. The predicted octanol–water partition coefficient (Wildman–Crippen LogP) is 3.67.